The molecule has 22 heavy (non-hydrogen) atoms. The standard InChI is InChI=1S/C20H24N2/c1-2-8-17(9-3-1)19-15-22(14-18-10-4-7-13-21-18)16-20(19)11-5-6-12-20/h1-4,7-10,13,19H,5-6,11-12,14-16H2. The number of aromatic nitrogens is 1. The summed E-state index contributed by atoms with van der Waals surface area (Å²) in [6, 6.07) is 17.4. The van der Waals surface area contributed by atoms with E-state index < -0.39 is 0 Å². The monoisotopic (exact) mass is 292 g/mol. The van der Waals surface area contributed by atoms with Gasteiger partial charge in [0.2, 0.25) is 0 Å². The average Bonchev–Trinajstić information content (AvgIpc) is 3.17. The van der Waals surface area contributed by atoms with Crippen molar-refractivity contribution in [2.75, 3.05) is 13.1 Å². The highest BCUT2D eigenvalue weighted by atomic mass is 15.2. The van der Waals surface area contributed by atoms with Crippen molar-refractivity contribution in [3.8, 4) is 0 Å². The molecule has 1 aliphatic heterocycles. The minimum Gasteiger partial charge on any atom is -0.296 e. The average molecular weight is 292 g/mol. The first-order chi connectivity index (χ1) is 10.9. The summed E-state index contributed by atoms with van der Waals surface area (Å²) in [6.07, 6.45) is 7.50. The minimum absolute atomic E-state index is 0.510. The van der Waals surface area contributed by atoms with Crippen molar-refractivity contribution in [3.63, 3.8) is 0 Å². The summed E-state index contributed by atoms with van der Waals surface area (Å²) < 4.78 is 0. The lowest BCUT2D eigenvalue weighted by atomic mass is 9.73. The predicted octanol–water partition coefficient (Wildman–Crippen LogP) is 4.24. The summed E-state index contributed by atoms with van der Waals surface area (Å²) >= 11 is 0. The summed E-state index contributed by atoms with van der Waals surface area (Å²) in [6.45, 7) is 3.41. The van der Waals surface area contributed by atoms with Gasteiger partial charge in [-0.3, -0.25) is 9.88 Å². The lowest BCUT2D eigenvalue weighted by Crippen LogP contribution is -2.26. The third kappa shape index (κ3) is 2.56. The predicted molar refractivity (Wildman–Crippen MR) is 89.6 cm³/mol. The molecule has 1 spiro atoms. The molecule has 1 aromatic heterocycles. The van der Waals surface area contributed by atoms with E-state index in [0.717, 1.165) is 6.54 Å². The molecule has 1 unspecified atom stereocenters. The Bertz CT molecular complexity index is 602. The van der Waals surface area contributed by atoms with Crippen LogP contribution in [0.2, 0.25) is 0 Å². The Morgan fingerprint density at radius 2 is 1.77 bits per heavy atom. The lowest BCUT2D eigenvalue weighted by molar-refractivity contribution is 0.245. The summed E-state index contributed by atoms with van der Waals surface area (Å²) in [7, 11) is 0. The highest BCUT2D eigenvalue weighted by Gasteiger charge is 2.48. The summed E-state index contributed by atoms with van der Waals surface area (Å²) in [5, 5.41) is 0. The van der Waals surface area contributed by atoms with Gasteiger partial charge in [0, 0.05) is 31.7 Å². The third-order valence-corrected chi connectivity index (χ3v) is 5.63. The number of pyridine rings is 1. The maximum absolute atomic E-state index is 4.51. The molecule has 0 N–H and O–H groups in total. The molecule has 1 saturated heterocycles. The van der Waals surface area contributed by atoms with Gasteiger partial charge in [-0.05, 0) is 36.0 Å². The summed E-state index contributed by atoms with van der Waals surface area (Å²) in [5.41, 5.74) is 3.24. The van der Waals surface area contributed by atoms with Gasteiger partial charge in [0.25, 0.3) is 0 Å². The Hall–Kier alpha value is -1.67. The van der Waals surface area contributed by atoms with Gasteiger partial charge in [-0.25, -0.2) is 0 Å². The SMILES string of the molecule is c1ccc(C2CN(Cc3ccccn3)CC23CCCC3)cc1. The molecule has 2 heteroatoms. The first-order valence-corrected chi connectivity index (χ1v) is 8.53. The van der Waals surface area contributed by atoms with Gasteiger partial charge in [-0.15, -0.1) is 0 Å². The number of likely N-dealkylation sites (tertiary alicyclic amines) is 1. The zero-order chi connectivity index (χ0) is 14.8. The van der Waals surface area contributed by atoms with Gasteiger partial charge >= 0.3 is 0 Å². The molecule has 2 heterocycles. The van der Waals surface area contributed by atoms with Crippen molar-refractivity contribution in [2.24, 2.45) is 5.41 Å². The van der Waals surface area contributed by atoms with E-state index in [1.165, 1.54) is 50.0 Å². The molecule has 0 radical (unpaired) electrons. The van der Waals surface area contributed by atoms with Crippen molar-refractivity contribution >= 4 is 0 Å². The number of hydrogen-bond donors (Lipinski definition) is 0. The van der Waals surface area contributed by atoms with Gasteiger partial charge in [-0.2, -0.15) is 0 Å². The molecule has 1 aromatic carbocycles. The van der Waals surface area contributed by atoms with E-state index in [1.807, 2.05) is 12.3 Å². The van der Waals surface area contributed by atoms with Crippen LogP contribution in [-0.4, -0.2) is 23.0 Å². The van der Waals surface area contributed by atoms with Crippen LogP contribution in [0.25, 0.3) is 0 Å². The van der Waals surface area contributed by atoms with Crippen molar-refractivity contribution in [3.05, 3.63) is 66.0 Å². The van der Waals surface area contributed by atoms with Crippen LogP contribution in [0, 0.1) is 5.41 Å². The van der Waals surface area contributed by atoms with E-state index in [2.05, 4.69) is 52.3 Å². The molecule has 2 fully saturated rings. The van der Waals surface area contributed by atoms with Gasteiger partial charge in [0.05, 0.1) is 5.69 Å². The quantitative estimate of drug-likeness (QED) is 0.841. The van der Waals surface area contributed by atoms with E-state index in [0.29, 0.717) is 11.3 Å². The molecule has 1 aliphatic carbocycles. The highest BCUT2D eigenvalue weighted by Crippen LogP contribution is 2.53. The number of nitrogens with zero attached hydrogens (tertiary/aromatic N) is 2. The molecular weight excluding hydrogens is 268 g/mol. The van der Waals surface area contributed by atoms with Crippen molar-refractivity contribution in [1.29, 1.82) is 0 Å². The van der Waals surface area contributed by atoms with E-state index >= 15 is 0 Å². The first-order valence-electron chi connectivity index (χ1n) is 8.53. The molecule has 1 atom stereocenters. The second kappa shape index (κ2) is 5.85. The lowest BCUT2D eigenvalue weighted by Gasteiger charge is -2.30. The molecule has 0 amide bonds. The highest BCUT2D eigenvalue weighted by molar-refractivity contribution is 5.26. The van der Waals surface area contributed by atoms with E-state index in [-0.39, 0.29) is 0 Å². The molecule has 1 saturated carbocycles. The number of rotatable bonds is 3. The smallest absolute Gasteiger partial charge is 0.0543 e. The fraction of sp³-hybridized carbons (Fsp3) is 0.450. The van der Waals surface area contributed by atoms with Crippen LogP contribution in [-0.2, 0) is 6.54 Å². The normalized spacial score (nSPS) is 24.1. The maximum atomic E-state index is 4.51. The Kier molecular flexibility index (Phi) is 3.71. The van der Waals surface area contributed by atoms with Crippen LogP contribution >= 0.6 is 0 Å². The topological polar surface area (TPSA) is 16.1 Å². The number of benzene rings is 1. The second-order valence-corrected chi connectivity index (χ2v) is 7.02. The Morgan fingerprint density at radius 3 is 2.50 bits per heavy atom. The van der Waals surface area contributed by atoms with Crippen LogP contribution in [0.3, 0.4) is 0 Å². The largest absolute Gasteiger partial charge is 0.296 e. The maximum Gasteiger partial charge on any atom is 0.0543 e. The summed E-state index contributed by atoms with van der Waals surface area (Å²) in [4.78, 5) is 7.14. The van der Waals surface area contributed by atoms with Crippen LogP contribution in [0.1, 0.15) is 42.9 Å². The van der Waals surface area contributed by atoms with Crippen LogP contribution in [0.4, 0.5) is 0 Å². The zero-order valence-corrected chi connectivity index (χ0v) is 13.1. The Labute approximate surface area is 133 Å². The molecule has 2 aliphatic rings. The molecule has 2 nitrogen and oxygen atoms in total. The molecule has 0 bridgehead atoms. The van der Waals surface area contributed by atoms with Gasteiger partial charge < -0.3 is 0 Å². The van der Waals surface area contributed by atoms with Crippen molar-refractivity contribution in [2.45, 2.75) is 38.1 Å². The zero-order valence-electron chi connectivity index (χ0n) is 13.1. The Morgan fingerprint density at radius 1 is 1.00 bits per heavy atom. The van der Waals surface area contributed by atoms with E-state index in [4.69, 9.17) is 0 Å². The summed E-state index contributed by atoms with van der Waals surface area (Å²) in [5.74, 6) is 0.694. The van der Waals surface area contributed by atoms with Crippen molar-refractivity contribution < 1.29 is 0 Å². The van der Waals surface area contributed by atoms with E-state index in [9.17, 15) is 0 Å². The third-order valence-electron chi connectivity index (χ3n) is 5.63. The van der Waals surface area contributed by atoms with Gasteiger partial charge in [0.15, 0.2) is 0 Å². The molecule has 114 valence electrons. The molecule has 4 rings (SSSR count). The van der Waals surface area contributed by atoms with Crippen LogP contribution in [0.5, 0.6) is 0 Å². The van der Waals surface area contributed by atoms with Gasteiger partial charge in [-0.1, -0.05) is 49.2 Å². The molecule has 2 aromatic rings. The van der Waals surface area contributed by atoms with Gasteiger partial charge in [0.1, 0.15) is 0 Å². The fourth-order valence-electron chi connectivity index (χ4n) is 4.64. The van der Waals surface area contributed by atoms with Crippen molar-refractivity contribution in [1.82, 2.24) is 9.88 Å². The number of hydrogen-bond acceptors (Lipinski definition) is 2. The molecular formula is C20H24N2. The second-order valence-electron chi connectivity index (χ2n) is 7.02. The van der Waals surface area contributed by atoms with Crippen LogP contribution < -0.4 is 0 Å². The van der Waals surface area contributed by atoms with Crippen LogP contribution in [0.15, 0.2) is 54.7 Å². The Balaban J connectivity index is 1.58. The minimum atomic E-state index is 0.510. The first kappa shape index (κ1) is 14.0. The van der Waals surface area contributed by atoms with E-state index in [1.54, 1.807) is 0 Å². The fourth-order valence-corrected chi connectivity index (χ4v) is 4.64.